The molecule has 6 aromatic heterocycles. The smallest absolute Gasteiger partial charge is 0.421 e. The molecule has 0 aromatic carbocycles. The molecule has 8 rings (SSSR count). The zero-order chi connectivity index (χ0) is 57.4. The molecule has 0 bridgehead atoms. The summed E-state index contributed by atoms with van der Waals surface area (Å²) in [6.45, 7) is 22.0. The van der Waals surface area contributed by atoms with Crippen molar-refractivity contribution < 1.29 is 51.2 Å². The summed E-state index contributed by atoms with van der Waals surface area (Å²) in [6, 6.07) is 0. The van der Waals surface area contributed by atoms with Crippen LogP contribution in [-0.2, 0) is 48.7 Å². The van der Waals surface area contributed by atoms with Gasteiger partial charge in [-0.2, -0.15) is 42.6 Å². The first-order valence-corrected chi connectivity index (χ1v) is 27.6. The molecule has 8 heterocycles. The maximum atomic E-state index is 15.1. The van der Waals surface area contributed by atoms with Crippen LogP contribution < -0.4 is 9.80 Å². The van der Waals surface area contributed by atoms with Gasteiger partial charge in [-0.25, -0.2) is 19.6 Å². The number of amides is 2. The third kappa shape index (κ3) is 14.8. The van der Waals surface area contributed by atoms with E-state index < -0.39 is 35.0 Å². The van der Waals surface area contributed by atoms with Crippen LogP contribution in [0, 0.1) is 0 Å². The number of carbonyl (C=O) groups excluding carboxylic acids is 2. The number of nitrogens with zero attached hydrogens (tertiary/aromatic N) is 14. The Morgan fingerprint density at radius 2 is 1.00 bits per heavy atom. The monoisotopic (exact) mass is 1170 g/mol. The minimum Gasteiger partial charge on any atom is -0.444 e. The molecule has 79 heavy (non-hydrogen) atoms. The SMILES string of the molecule is CCOCN(COCC)c1c(Br)c(C2CCCN(C(=O)OC(C)(C)C)C2)nc2c(-c3cnn(C)c3)cnn12.CCOCN(COCC)c1c(C(F)(F)F)c(C2CCCN(C(=O)OC(C)(C)C)C2)nc2c(-c3cnn(C)c3)cnn12. The Hall–Kier alpha value is -6.09. The molecule has 2 atom stereocenters. The van der Waals surface area contributed by atoms with Crippen LogP contribution >= 0.6 is 15.9 Å². The predicted octanol–water partition coefficient (Wildman–Crippen LogP) is 9.86. The number of carbonyl (C=O) groups is 2. The second-order valence-electron chi connectivity index (χ2n) is 21.3. The van der Waals surface area contributed by atoms with Crippen molar-refractivity contribution in [3.05, 3.63) is 58.6 Å². The van der Waals surface area contributed by atoms with Gasteiger partial charge in [0.15, 0.2) is 17.1 Å². The zero-order valence-electron chi connectivity index (χ0n) is 47.5. The van der Waals surface area contributed by atoms with Gasteiger partial charge >= 0.3 is 18.4 Å². The molecule has 0 spiro atoms. The van der Waals surface area contributed by atoms with E-state index in [1.807, 2.05) is 69.7 Å². The van der Waals surface area contributed by atoms with Crippen molar-refractivity contribution >= 4 is 51.0 Å². The fourth-order valence-corrected chi connectivity index (χ4v) is 10.2. The predicted molar refractivity (Wildman–Crippen MR) is 294 cm³/mol. The van der Waals surface area contributed by atoms with Gasteiger partial charge in [-0.15, -0.1) is 0 Å². The lowest BCUT2D eigenvalue weighted by Crippen LogP contribution is -2.43. The van der Waals surface area contributed by atoms with E-state index in [9.17, 15) is 9.59 Å². The summed E-state index contributed by atoms with van der Waals surface area (Å²) in [4.78, 5) is 42.2. The van der Waals surface area contributed by atoms with Gasteiger partial charge in [0.1, 0.15) is 49.5 Å². The molecule has 26 heteroatoms. The Morgan fingerprint density at radius 3 is 1.38 bits per heavy atom. The molecular formula is C53H76BrF3N14O8. The van der Waals surface area contributed by atoms with Gasteiger partial charge in [-0.1, -0.05) is 0 Å². The standard InChI is InChI=1S/C27H38F3N7O4.C26H38BrN7O4/c1-7-39-16-36(17-40-8-2)24-21(27(28,29)30)22(18-10-9-11-35(15-18)25(38)41-26(3,4)5)33-23-20(13-32-37(23)24)19-12-31-34(6)14-19;1-7-36-16-33(17-37-8-2)24-21(27)22(18-10-9-11-32(15-18)25(35)38-26(3,4)5)30-23-20(13-29-34(23)24)19-12-28-31(6)14-19/h12-14,18H,7-11,15-17H2,1-6H3;12-14,18H,7-11,15-17H2,1-6H3. The van der Waals surface area contributed by atoms with Crippen molar-refractivity contribution in [1.29, 1.82) is 0 Å². The molecule has 0 radical (unpaired) electrons. The van der Waals surface area contributed by atoms with Crippen LogP contribution in [0.1, 0.15) is 124 Å². The van der Waals surface area contributed by atoms with E-state index >= 15 is 13.2 Å². The second-order valence-corrected chi connectivity index (χ2v) is 22.1. The molecule has 2 aliphatic heterocycles. The number of alkyl halides is 3. The number of halogens is 4. The van der Waals surface area contributed by atoms with Gasteiger partial charge in [0.2, 0.25) is 0 Å². The Labute approximate surface area is 467 Å². The largest absolute Gasteiger partial charge is 0.444 e. The average Bonchev–Trinajstić information content (AvgIpc) is 4.43. The first-order chi connectivity index (χ1) is 37.5. The molecule has 434 valence electrons. The normalized spacial score (nSPS) is 16.4. The third-order valence-corrected chi connectivity index (χ3v) is 13.6. The maximum Gasteiger partial charge on any atom is 0.421 e. The van der Waals surface area contributed by atoms with Gasteiger partial charge in [-0.05, 0) is 111 Å². The summed E-state index contributed by atoms with van der Waals surface area (Å²) < 4.78 is 86.4. The summed E-state index contributed by atoms with van der Waals surface area (Å²) in [5.41, 5.74) is 2.43. The van der Waals surface area contributed by atoms with Crippen molar-refractivity contribution in [2.24, 2.45) is 14.1 Å². The zero-order valence-corrected chi connectivity index (χ0v) is 49.1. The summed E-state index contributed by atoms with van der Waals surface area (Å²) >= 11 is 3.87. The number of likely N-dealkylation sites (tertiary alicyclic amines) is 2. The van der Waals surface area contributed by atoms with Gasteiger partial charge in [0.05, 0.1) is 40.6 Å². The van der Waals surface area contributed by atoms with Crippen LogP contribution in [0.5, 0.6) is 0 Å². The highest BCUT2D eigenvalue weighted by Crippen LogP contribution is 2.45. The van der Waals surface area contributed by atoms with E-state index in [2.05, 4.69) is 36.2 Å². The number of aromatic nitrogens is 10. The number of ether oxygens (including phenoxy) is 6. The third-order valence-electron chi connectivity index (χ3n) is 12.9. The number of rotatable bonds is 18. The fraction of sp³-hybridized carbons (Fsp3) is 0.623. The minimum absolute atomic E-state index is 0.00655. The molecule has 2 unspecified atom stereocenters. The molecule has 2 aliphatic rings. The first-order valence-electron chi connectivity index (χ1n) is 26.8. The summed E-state index contributed by atoms with van der Waals surface area (Å²) in [5.74, 6) is -0.137. The van der Waals surface area contributed by atoms with Gasteiger partial charge in [0.25, 0.3) is 0 Å². The lowest BCUT2D eigenvalue weighted by atomic mass is 9.91. The number of piperidine rings is 2. The molecule has 22 nitrogen and oxygen atoms in total. The van der Waals surface area contributed by atoms with Crippen molar-refractivity contribution in [2.45, 2.75) is 124 Å². The first kappa shape index (κ1) is 60.5. The molecule has 6 aromatic rings. The number of hydrogen-bond donors (Lipinski definition) is 0. The van der Waals surface area contributed by atoms with Crippen LogP contribution in [0.15, 0.2) is 41.7 Å². The van der Waals surface area contributed by atoms with Crippen LogP contribution in [0.3, 0.4) is 0 Å². The van der Waals surface area contributed by atoms with E-state index in [1.165, 1.54) is 20.5 Å². The Bertz CT molecular complexity index is 2990. The van der Waals surface area contributed by atoms with Crippen molar-refractivity contribution in [3.8, 4) is 22.3 Å². The molecule has 2 amide bonds. The highest BCUT2D eigenvalue weighted by molar-refractivity contribution is 9.10. The molecule has 0 saturated carbocycles. The van der Waals surface area contributed by atoms with Crippen molar-refractivity contribution in [1.82, 2.24) is 58.6 Å². The van der Waals surface area contributed by atoms with E-state index in [0.29, 0.717) is 89.1 Å². The molecule has 0 aliphatic carbocycles. The summed E-state index contributed by atoms with van der Waals surface area (Å²) in [7, 11) is 3.63. The lowest BCUT2D eigenvalue weighted by molar-refractivity contribution is -0.138. The van der Waals surface area contributed by atoms with E-state index in [4.69, 9.17) is 38.5 Å². The quantitative estimate of drug-likeness (QED) is 0.0736. The number of fused-ring (bicyclic) bond motifs is 2. The lowest BCUT2D eigenvalue weighted by Gasteiger charge is -2.35. The van der Waals surface area contributed by atoms with Crippen molar-refractivity contribution in [3.63, 3.8) is 0 Å². The van der Waals surface area contributed by atoms with Gasteiger partial charge in [0, 0.05) is 113 Å². The number of anilines is 2. The van der Waals surface area contributed by atoms with E-state index in [-0.39, 0.29) is 49.2 Å². The van der Waals surface area contributed by atoms with Crippen molar-refractivity contribution in [2.75, 3.05) is 89.3 Å². The van der Waals surface area contributed by atoms with E-state index in [1.54, 1.807) is 68.3 Å². The second kappa shape index (κ2) is 26.0. The van der Waals surface area contributed by atoms with Crippen LogP contribution in [0.4, 0.5) is 34.4 Å². The van der Waals surface area contributed by atoms with Crippen LogP contribution in [-0.4, -0.2) is 161 Å². The average molecular weight is 1170 g/mol. The van der Waals surface area contributed by atoms with Crippen LogP contribution in [0.2, 0.25) is 0 Å². The number of hydrogen-bond acceptors (Lipinski definition) is 16. The number of aryl methyl sites for hydroxylation is 2. The maximum absolute atomic E-state index is 15.1. The Kier molecular flexibility index (Phi) is 19.9. The Balaban J connectivity index is 0.000000229. The molecular weight excluding hydrogens is 1100 g/mol. The topological polar surface area (TPSA) is 198 Å². The minimum atomic E-state index is -4.79. The highest BCUT2D eigenvalue weighted by atomic mass is 79.9. The van der Waals surface area contributed by atoms with Gasteiger partial charge < -0.3 is 48.0 Å². The highest BCUT2D eigenvalue weighted by Gasteiger charge is 2.44. The summed E-state index contributed by atoms with van der Waals surface area (Å²) in [5, 5.41) is 17.6. The Morgan fingerprint density at radius 1 is 0.608 bits per heavy atom. The fourth-order valence-electron chi connectivity index (χ4n) is 9.41. The molecule has 2 fully saturated rings. The molecule has 2 saturated heterocycles. The van der Waals surface area contributed by atoms with Crippen LogP contribution in [0.25, 0.3) is 33.5 Å². The molecule has 0 N–H and O–H groups in total. The van der Waals surface area contributed by atoms with Gasteiger partial charge in [-0.3, -0.25) is 9.36 Å². The summed E-state index contributed by atoms with van der Waals surface area (Å²) in [6.07, 6.45) is 7.43. The van der Waals surface area contributed by atoms with E-state index in [0.717, 1.165) is 40.0 Å².